The van der Waals surface area contributed by atoms with Crippen molar-refractivity contribution in [2.24, 2.45) is 0 Å². The van der Waals surface area contributed by atoms with E-state index in [4.69, 9.17) is 19.3 Å². The highest BCUT2D eigenvalue weighted by molar-refractivity contribution is 5.73. The molecule has 1 atom stereocenters. The van der Waals surface area contributed by atoms with Gasteiger partial charge in [0.15, 0.2) is 11.5 Å². The summed E-state index contributed by atoms with van der Waals surface area (Å²) in [5.41, 5.74) is 0. The third-order valence-corrected chi connectivity index (χ3v) is 2.68. The van der Waals surface area contributed by atoms with E-state index in [9.17, 15) is 4.79 Å². The van der Waals surface area contributed by atoms with Gasteiger partial charge in [0.25, 0.3) is 0 Å². The average Bonchev–Trinajstić information content (AvgIpc) is 2.42. The van der Waals surface area contributed by atoms with Crippen LogP contribution in [0.25, 0.3) is 0 Å². The van der Waals surface area contributed by atoms with Crippen molar-refractivity contribution in [2.45, 2.75) is 12.5 Å². The number of hydrogen-bond acceptors (Lipinski definition) is 5. The normalized spacial score (nSPS) is 11.7. The van der Waals surface area contributed by atoms with Crippen molar-refractivity contribution in [2.75, 3.05) is 27.9 Å². The maximum atomic E-state index is 10.8. The monoisotopic (exact) mass is 269 g/mol. The van der Waals surface area contributed by atoms with E-state index < -0.39 is 12.0 Å². The molecule has 0 heterocycles. The van der Waals surface area contributed by atoms with E-state index in [0.717, 1.165) is 0 Å². The molecule has 1 rings (SSSR count). The first kappa shape index (κ1) is 15.1. The van der Waals surface area contributed by atoms with Gasteiger partial charge in [0.1, 0.15) is 6.04 Å². The predicted molar refractivity (Wildman–Crippen MR) is 70.1 cm³/mol. The van der Waals surface area contributed by atoms with E-state index in [1.807, 2.05) is 0 Å². The first-order valence-electron chi connectivity index (χ1n) is 5.87. The number of hydrogen-bond donors (Lipinski definition) is 2. The van der Waals surface area contributed by atoms with Crippen LogP contribution in [0.4, 0.5) is 0 Å². The van der Waals surface area contributed by atoms with Gasteiger partial charge < -0.3 is 24.6 Å². The number of nitrogens with one attached hydrogen (secondary N) is 1. The van der Waals surface area contributed by atoms with Crippen LogP contribution in [0.1, 0.15) is 6.42 Å². The lowest BCUT2D eigenvalue weighted by atomic mass is 10.2. The van der Waals surface area contributed by atoms with Gasteiger partial charge in [0.05, 0.1) is 20.8 Å². The Balaban J connectivity index is 2.65. The van der Waals surface area contributed by atoms with Crippen molar-refractivity contribution in [3.8, 4) is 17.2 Å². The summed E-state index contributed by atoms with van der Waals surface area (Å²) in [5, 5.41) is 11.6. The number of ether oxygens (including phenoxy) is 3. The molecule has 0 spiro atoms. The van der Waals surface area contributed by atoms with Crippen LogP contribution in [0.5, 0.6) is 17.2 Å². The van der Waals surface area contributed by atoms with Crippen LogP contribution < -0.4 is 19.5 Å². The molecule has 0 radical (unpaired) electrons. The molecule has 1 unspecified atom stereocenters. The summed E-state index contributed by atoms with van der Waals surface area (Å²) in [4.78, 5) is 10.8. The number of carboxylic acids is 1. The number of aliphatic carboxylic acids is 1. The Labute approximate surface area is 112 Å². The van der Waals surface area contributed by atoms with Crippen molar-refractivity contribution >= 4 is 5.97 Å². The van der Waals surface area contributed by atoms with Crippen LogP contribution in [0.3, 0.4) is 0 Å². The van der Waals surface area contributed by atoms with Crippen molar-refractivity contribution in [1.29, 1.82) is 0 Å². The number of carboxylic acid groups (broad SMARTS) is 1. The number of benzene rings is 1. The number of para-hydroxylation sites is 1. The van der Waals surface area contributed by atoms with E-state index in [1.54, 1.807) is 32.4 Å². The summed E-state index contributed by atoms with van der Waals surface area (Å²) in [6.07, 6.45) is 0.353. The maximum Gasteiger partial charge on any atom is 0.320 e. The lowest BCUT2D eigenvalue weighted by Crippen LogP contribution is -2.35. The lowest BCUT2D eigenvalue weighted by Gasteiger charge is -2.15. The molecule has 0 fully saturated rings. The fourth-order valence-electron chi connectivity index (χ4n) is 1.65. The quantitative estimate of drug-likeness (QED) is 0.737. The smallest absolute Gasteiger partial charge is 0.320 e. The fraction of sp³-hybridized carbons (Fsp3) is 0.462. The van der Waals surface area contributed by atoms with Crippen LogP contribution in [-0.4, -0.2) is 45.0 Å². The van der Waals surface area contributed by atoms with E-state index >= 15 is 0 Å². The summed E-state index contributed by atoms with van der Waals surface area (Å²) in [5.74, 6) is 0.704. The minimum atomic E-state index is -0.899. The highest BCUT2D eigenvalue weighted by Crippen LogP contribution is 2.36. The molecule has 0 aliphatic heterocycles. The van der Waals surface area contributed by atoms with Crippen molar-refractivity contribution in [3.63, 3.8) is 0 Å². The highest BCUT2D eigenvalue weighted by Gasteiger charge is 2.16. The van der Waals surface area contributed by atoms with Gasteiger partial charge in [-0.25, -0.2) is 0 Å². The molecule has 0 aliphatic carbocycles. The summed E-state index contributed by atoms with van der Waals surface area (Å²) in [6.45, 7) is 0.265. The third kappa shape index (κ3) is 4.03. The van der Waals surface area contributed by atoms with E-state index in [2.05, 4.69) is 5.32 Å². The fourth-order valence-corrected chi connectivity index (χ4v) is 1.65. The first-order valence-corrected chi connectivity index (χ1v) is 5.87. The van der Waals surface area contributed by atoms with Crippen molar-refractivity contribution in [1.82, 2.24) is 5.32 Å². The van der Waals surface area contributed by atoms with Crippen molar-refractivity contribution < 1.29 is 24.1 Å². The summed E-state index contributed by atoms with van der Waals surface area (Å²) >= 11 is 0. The molecule has 19 heavy (non-hydrogen) atoms. The second kappa shape index (κ2) is 7.48. The molecule has 2 N–H and O–H groups in total. The molecule has 1 aromatic carbocycles. The van der Waals surface area contributed by atoms with Gasteiger partial charge in [-0.2, -0.15) is 0 Å². The Bertz CT molecular complexity index is 421. The number of likely N-dealkylation sites (N-methyl/N-ethyl adjacent to an activating group) is 1. The number of methoxy groups -OCH3 is 2. The SMILES string of the molecule is CNC(CCOc1cccc(OC)c1OC)C(=O)O. The van der Waals surface area contributed by atoms with Gasteiger partial charge in [-0.15, -0.1) is 0 Å². The third-order valence-electron chi connectivity index (χ3n) is 2.68. The second-order valence-electron chi connectivity index (χ2n) is 3.81. The zero-order chi connectivity index (χ0) is 14.3. The molecule has 0 amide bonds. The zero-order valence-electron chi connectivity index (χ0n) is 11.3. The molecule has 6 heteroatoms. The lowest BCUT2D eigenvalue weighted by molar-refractivity contribution is -0.139. The van der Waals surface area contributed by atoms with Crippen LogP contribution in [0.15, 0.2) is 18.2 Å². The highest BCUT2D eigenvalue weighted by atomic mass is 16.5. The number of rotatable bonds is 8. The minimum Gasteiger partial charge on any atom is -0.493 e. The Hall–Kier alpha value is -1.95. The molecular weight excluding hydrogens is 250 g/mol. The van der Waals surface area contributed by atoms with Crippen LogP contribution in [-0.2, 0) is 4.79 Å². The summed E-state index contributed by atoms with van der Waals surface area (Å²) < 4.78 is 15.9. The molecule has 1 aromatic rings. The molecule has 0 bridgehead atoms. The van der Waals surface area contributed by atoms with E-state index in [-0.39, 0.29) is 6.61 Å². The molecular formula is C13H19NO5. The molecule has 0 saturated carbocycles. The second-order valence-corrected chi connectivity index (χ2v) is 3.81. The average molecular weight is 269 g/mol. The van der Waals surface area contributed by atoms with Gasteiger partial charge >= 0.3 is 5.97 Å². The molecule has 0 saturated heterocycles. The standard InChI is InChI=1S/C13H19NO5/c1-14-9(13(15)16)7-8-19-11-6-4-5-10(17-2)12(11)18-3/h4-6,9,14H,7-8H2,1-3H3,(H,15,16). The predicted octanol–water partition coefficient (Wildman–Crippen LogP) is 1.15. The Morgan fingerprint density at radius 1 is 1.32 bits per heavy atom. The van der Waals surface area contributed by atoms with Gasteiger partial charge in [0.2, 0.25) is 5.75 Å². The van der Waals surface area contributed by atoms with E-state index in [1.165, 1.54) is 7.11 Å². The van der Waals surface area contributed by atoms with Crippen LogP contribution >= 0.6 is 0 Å². The van der Waals surface area contributed by atoms with E-state index in [0.29, 0.717) is 23.7 Å². The first-order chi connectivity index (χ1) is 9.13. The summed E-state index contributed by atoms with van der Waals surface area (Å²) in [7, 11) is 4.67. The maximum absolute atomic E-state index is 10.8. The molecule has 0 aromatic heterocycles. The summed E-state index contributed by atoms with van der Waals surface area (Å²) in [6, 6.07) is 4.66. The van der Waals surface area contributed by atoms with Gasteiger partial charge in [0, 0.05) is 6.42 Å². The molecule has 106 valence electrons. The Morgan fingerprint density at radius 2 is 2.00 bits per heavy atom. The molecule has 6 nitrogen and oxygen atoms in total. The van der Waals surface area contributed by atoms with Gasteiger partial charge in [-0.05, 0) is 19.2 Å². The Morgan fingerprint density at radius 3 is 2.53 bits per heavy atom. The Kier molecular flexibility index (Phi) is 5.95. The van der Waals surface area contributed by atoms with Gasteiger partial charge in [-0.3, -0.25) is 4.79 Å². The van der Waals surface area contributed by atoms with Crippen molar-refractivity contribution in [3.05, 3.63) is 18.2 Å². The van der Waals surface area contributed by atoms with Gasteiger partial charge in [-0.1, -0.05) is 6.07 Å². The number of carbonyl (C=O) groups is 1. The largest absolute Gasteiger partial charge is 0.493 e. The minimum absolute atomic E-state index is 0.265. The van der Waals surface area contributed by atoms with Crippen LogP contribution in [0, 0.1) is 0 Å². The zero-order valence-corrected chi connectivity index (χ0v) is 11.3. The molecule has 0 aliphatic rings. The topological polar surface area (TPSA) is 77.0 Å². The van der Waals surface area contributed by atoms with Crippen LogP contribution in [0.2, 0.25) is 0 Å².